The second kappa shape index (κ2) is 5.87. The molecule has 0 amide bonds. The van der Waals surface area contributed by atoms with Crippen LogP contribution in [-0.2, 0) is 4.74 Å². The van der Waals surface area contributed by atoms with Crippen LogP contribution in [-0.4, -0.2) is 44.3 Å². The molecule has 2 aliphatic heterocycles. The van der Waals surface area contributed by atoms with Gasteiger partial charge in [0.2, 0.25) is 0 Å². The molecule has 2 aliphatic rings. The van der Waals surface area contributed by atoms with Crippen LogP contribution in [0.4, 0.5) is 0 Å². The monoisotopic (exact) mass is 250 g/mol. The molecule has 100 valence electrons. The van der Waals surface area contributed by atoms with E-state index in [2.05, 4.69) is 16.3 Å². The van der Waals surface area contributed by atoms with Gasteiger partial charge in [-0.1, -0.05) is 0 Å². The van der Waals surface area contributed by atoms with Gasteiger partial charge in [-0.15, -0.1) is 0 Å². The summed E-state index contributed by atoms with van der Waals surface area (Å²) in [7, 11) is 0. The number of nitrogens with one attached hydrogen (secondary N) is 1. The number of rotatable bonds is 3. The molecule has 1 unspecified atom stereocenters. The minimum Gasteiger partial charge on any atom is -0.468 e. The molecule has 2 fully saturated rings. The van der Waals surface area contributed by atoms with E-state index in [0.717, 1.165) is 45.2 Å². The van der Waals surface area contributed by atoms with Crippen molar-refractivity contribution in [3.8, 4) is 0 Å². The molecular weight excluding hydrogens is 228 g/mol. The molecule has 1 aromatic rings. The topological polar surface area (TPSA) is 37.6 Å². The smallest absolute Gasteiger partial charge is 0.121 e. The van der Waals surface area contributed by atoms with Gasteiger partial charge in [0, 0.05) is 13.1 Å². The van der Waals surface area contributed by atoms with Crippen LogP contribution in [0, 0.1) is 5.92 Å². The molecule has 0 spiro atoms. The van der Waals surface area contributed by atoms with E-state index < -0.39 is 0 Å². The maximum atomic E-state index is 5.70. The predicted molar refractivity (Wildman–Crippen MR) is 69.4 cm³/mol. The number of hydrogen-bond acceptors (Lipinski definition) is 4. The highest BCUT2D eigenvalue weighted by Crippen LogP contribution is 2.34. The number of furan rings is 1. The van der Waals surface area contributed by atoms with Crippen LogP contribution in [0.15, 0.2) is 22.8 Å². The molecule has 1 aromatic heterocycles. The largest absolute Gasteiger partial charge is 0.468 e. The zero-order valence-electron chi connectivity index (χ0n) is 10.8. The summed E-state index contributed by atoms with van der Waals surface area (Å²) in [6.45, 7) is 6.01. The Hall–Kier alpha value is -0.840. The van der Waals surface area contributed by atoms with E-state index in [9.17, 15) is 0 Å². The van der Waals surface area contributed by atoms with E-state index in [0.29, 0.717) is 12.0 Å². The van der Waals surface area contributed by atoms with E-state index in [1.807, 2.05) is 6.07 Å². The van der Waals surface area contributed by atoms with Crippen LogP contribution in [0.2, 0.25) is 0 Å². The van der Waals surface area contributed by atoms with Gasteiger partial charge in [-0.05, 0) is 44.0 Å². The first kappa shape index (κ1) is 12.2. The second-order valence-corrected chi connectivity index (χ2v) is 5.20. The highest BCUT2D eigenvalue weighted by molar-refractivity contribution is 5.07. The van der Waals surface area contributed by atoms with E-state index in [-0.39, 0.29) is 0 Å². The molecular formula is C14H22N2O2. The molecule has 0 bridgehead atoms. The van der Waals surface area contributed by atoms with Crippen LogP contribution in [0.3, 0.4) is 0 Å². The lowest BCUT2D eigenvalue weighted by atomic mass is 9.87. The van der Waals surface area contributed by atoms with Gasteiger partial charge in [0.05, 0.1) is 25.5 Å². The molecule has 1 atom stereocenters. The molecule has 4 nitrogen and oxygen atoms in total. The average Bonchev–Trinajstić information content (AvgIpc) is 2.95. The molecule has 3 heterocycles. The Kier molecular flexibility index (Phi) is 3.98. The number of hydrogen-bond donors (Lipinski definition) is 1. The Morgan fingerprint density at radius 1 is 1.22 bits per heavy atom. The van der Waals surface area contributed by atoms with Gasteiger partial charge in [-0.3, -0.25) is 4.90 Å². The van der Waals surface area contributed by atoms with Crippen LogP contribution in [0.5, 0.6) is 0 Å². The van der Waals surface area contributed by atoms with Gasteiger partial charge in [0.25, 0.3) is 0 Å². The molecule has 0 radical (unpaired) electrons. The highest BCUT2D eigenvalue weighted by atomic mass is 16.5. The Bertz CT molecular complexity index is 323. The fourth-order valence-corrected chi connectivity index (χ4v) is 3.19. The van der Waals surface area contributed by atoms with E-state index in [4.69, 9.17) is 9.15 Å². The normalized spacial score (nSPS) is 25.1. The van der Waals surface area contributed by atoms with Gasteiger partial charge in [-0.2, -0.15) is 0 Å². The lowest BCUT2D eigenvalue weighted by Gasteiger charge is -2.39. The third-order valence-corrected chi connectivity index (χ3v) is 4.10. The molecule has 18 heavy (non-hydrogen) atoms. The molecule has 3 rings (SSSR count). The van der Waals surface area contributed by atoms with Crippen molar-refractivity contribution in [1.82, 2.24) is 10.2 Å². The number of ether oxygens (including phenoxy) is 1. The molecule has 0 aliphatic carbocycles. The summed E-state index contributed by atoms with van der Waals surface area (Å²) in [5.74, 6) is 1.83. The molecule has 1 N–H and O–H groups in total. The summed E-state index contributed by atoms with van der Waals surface area (Å²) >= 11 is 0. The third-order valence-electron chi connectivity index (χ3n) is 4.10. The minimum atomic E-state index is 0.436. The first-order chi connectivity index (χ1) is 8.95. The number of morpholine rings is 1. The van der Waals surface area contributed by atoms with Crippen molar-refractivity contribution in [2.45, 2.75) is 18.9 Å². The van der Waals surface area contributed by atoms with Crippen LogP contribution in [0.1, 0.15) is 24.6 Å². The third kappa shape index (κ3) is 2.60. The first-order valence-electron chi connectivity index (χ1n) is 7.01. The van der Waals surface area contributed by atoms with Gasteiger partial charge in [-0.25, -0.2) is 0 Å². The molecule has 2 saturated heterocycles. The Morgan fingerprint density at radius 2 is 2.00 bits per heavy atom. The zero-order chi connectivity index (χ0) is 12.2. The minimum absolute atomic E-state index is 0.436. The fourth-order valence-electron chi connectivity index (χ4n) is 3.19. The maximum Gasteiger partial charge on any atom is 0.121 e. The van der Waals surface area contributed by atoms with Crippen LogP contribution >= 0.6 is 0 Å². The molecule has 4 heteroatoms. The van der Waals surface area contributed by atoms with Crippen LogP contribution < -0.4 is 5.32 Å². The fraction of sp³-hybridized carbons (Fsp3) is 0.714. The van der Waals surface area contributed by atoms with Crippen molar-refractivity contribution in [3.05, 3.63) is 24.2 Å². The van der Waals surface area contributed by atoms with Crippen molar-refractivity contribution in [2.75, 3.05) is 39.4 Å². The van der Waals surface area contributed by atoms with Crippen molar-refractivity contribution in [1.29, 1.82) is 0 Å². The van der Waals surface area contributed by atoms with Gasteiger partial charge < -0.3 is 14.5 Å². The van der Waals surface area contributed by atoms with E-state index >= 15 is 0 Å². The van der Waals surface area contributed by atoms with Gasteiger partial charge in [0.1, 0.15) is 5.76 Å². The Morgan fingerprint density at radius 3 is 2.67 bits per heavy atom. The summed E-state index contributed by atoms with van der Waals surface area (Å²) in [5, 5.41) is 3.44. The van der Waals surface area contributed by atoms with Gasteiger partial charge in [0.15, 0.2) is 0 Å². The quantitative estimate of drug-likeness (QED) is 0.885. The first-order valence-corrected chi connectivity index (χ1v) is 7.01. The SMILES string of the molecule is c1coc(C(C2CCNCC2)N2CCOCC2)c1. The average molecular weight is 250 g/mol. The lowest BCUT2D eigenvalue weighted by Crippen LogP contribution is -2.44. The molecule has 0 aromatic carbocycles. The molecule has 0 saturated carbocycles. The van der Waals surface area contributed by atoms with Crippen molar-refractivity contribution in [2.24, 2.45) is 5.92 Å². The number of piperidine rings is 1. The summed E-state index contributed by atoms with van der Waals surface area (Å²) in [6, 6.07) is 4.57. The number of nitrogens with zero attached hydrogens (tertiary/aromatic N) is 1. The lowest BCUT2D eigenvalue weighted by molar-refractivity contribution is -0.00802. The van der Waals surface area contributed by atoms with E-state index in [1.54, 1.807) is 6.26 Å². The maximum absolute atomic E-state index is 5.70. The zero-order valence-corrected chi connectivity index (χ0v) is 10.8. The standard InChI is InChI=1S/C14H22N2O2/c1-2-13(18-9-1)14(12-3-5-15-6-4-12)16-7-10-17-11-8-16/h1-2,9,12,14-15H,3-8,10-11H2. The summed E-state index contributed by atoms with van der Waals surface area (Å²) < 4.78 is 11.2. The van der Waals surface area contributed by atoms with Crippen LogP contribution in [0.25, 0.3) is 0 Å². The van der Waals surface area contributed by atoms with Crippen molar-refractivity contribution >= 4 is 0 Å². The van der Waals surface area contributed by atoms with Crippen molar-refractivity contribution in [3.63, 3.8) is 0 Å². The summed E-state index contributed by atoms with van der Waals surface area (Å²) in [5.41, 5.74) is 0. The van der Waals surface area contributed by atoms with Crippen molar-refractivity contribution < 1.29 is 9.15 Å². The summed E-state index contributed by atoms with van der Waals surface area (Å²) in [6.07, 6.45) is 4.27. The summed E-state index contributed by atoms with van der Waals surface area (Å²) in [4.78, 5) is 2.54. The van der Waals surface area contributed by atoms with E-state index in [1.165, 1.54) is 12.8 Å². The highest BCUT2D eigenvalue weighted by Gasteiger charge is 2.32. The Labute approximate surface area is 108 Å². The predicted octanol–water partition coefficient (Wildman–Crippen LogP) is 1.65. The van der Waals surface area contributed by atoms with Gasteiger partial charge >= 0.3 is 0 Å². The second-order valence-electron chi connectivity index (χ2n) is 5.20. The Balaban J connectivity index is 1.78.